The van der Waals surface area contributed by atoms with Gasteiger partial charge in [-0.3, -0.25) is 14.6 Å². The van der Waals surface area contributed by atoms with Crippen LogP contribution in [0.5, 0.6) is 0 Å². The van der Waals surface area contributed by atoms with Crippen molar-refractivity contribution in [2.24, 2.45) is 5.92 Å². The average Bonchev–Trinajstić information content (AvgIpc) is 3.28. The molecule has 4 rings (SSSR count). The molecule has 30 heavy (non-hydrogen) atoms. The maximum atomic E-state index is 13.3. The number of hydrogen-bond acceptors (Lipinski definition) is 3. The van der Waals surface area contributed by atoms with Crippen LogP contribution in [0.25, 0.3) is 5.69 Å². The molecule has 7 heteroatoms. The van der Waals surface area contributed by atoms with Crippen molar-refractivity contribution in [2.45, 2.75) is 19.4 Å². The van der Waals surface area contributed by atoms with Crippen LogP contribution in [0.2, 0.25) is 0 Å². The fraction of sp³-hybridized carbons (Fsp3) is 0.261. The number of nitrogens with zero attached hydrogens (tertiary/aromatic N) is 3. The van der Waals surface area contributed by atoms with Gasteiger partial charge in [0.15, 0.2) is 0 Å². The van der Waals surface area contributed by atoms with E-state index in [4.69, 9.17) is 0 Å². The van der Waals surface area contributed by atoms with Gasteiger partial charge in [-0.05, 0) is 54.8 Å². The Kier molecular flexibility index (Phi) is 5.88. The Labute approximate surface area is 174 Å². The number of piperidine rings is 1. The van der Waals surface area contributed by atoms with Crippen molar-refractivity contribution < 1.29 is 14.0 Å². The molecule has 1 aromatic carbocycles. The summed E-state index contributed by atoms with van der Waals surface area (Å²) in [6.45, 7) is 1.35. The largest absolute Gasteiger partial charge is 0.352 e. The molecule has 2 aromatic heterocycles. The quantitative estimate of drug-likeness (QED) is 0.708. The fourth-order valence-corrected chi connectivity index (χ4v) is 3.76. The maximum absolute atomic E-state index is 13.3. The lowest BCUT2D eigenvalue weighted by Crippen LogP contribution is -2.43. The van der Waals surface area contributed by atoms with Crippen LogP contribution in [0.4, 0.5) is 4.39 Å². The molecule has 154 valence electrons. The summed E-state index contributed by atoms with van der Waals surface area (Å²) in [7, 11) is 0. The van der Waals surface area contributed by atoms with Gasteiger partial charge in [0.25, 0.3) is 5.91 Å². The van der Waals surface area contributed by atoms with Crippen molar-refractivity contribution in [3.8, 4) is 5.69 Å². The van der Waals surface area contributed by atoms with E-state index in [2.05, 4.69) is 10.3 Å². The second-order valence-electron chi connectivity index (χ2n) is 7.39. The van der Waals surface area contributed by atoms with Crippen molar-refractivity contribution in [2.75, 3.05) is 13.1 Å². The van der Waals surface area contributed by atoms with Crippen molar-refractivity contribution in [1.29, 1.82) is 0 Å². The normalized spacial score (nSPS) is 14.5. The summed E-state index contributed by atoms with van der Waals surface area (Å²) in [6.07, 6.45) is 6.46. The second-order valence-corrected chi connectivity index (χ2v) is 7.39. The summed E-state index contributed by atoms with van der Waals surface area (Å²) in [5, 5.41) is 2.88. The van der Waals surface area contributed by atoms with Crippen molar-refractivity contribution >= 4 is 11.8 Å². The SMILES string of the molecule is O=C(NCc1cccc(F)c1)C1CCN(C(=O)c2cccn2-c2cccnc2)CC1. The predicted octanol–water partition coefficient (Wildman–Crippen LogP) is 3.18. The lowest BCUT2D eigenvalue weighted by Gasteiger charge is -2.31. The van der Waals surface area contributed by atoms with Crippen LogP contribution in [-0.4, -0.2) is 39.4 Å². The first kappa shape index (κ1) is 19.8. The van der Waals surface area contributed by atoms with E-state index in [-0.39, 0.29) is 23.5 Å². The van der Waals surface area contributed by atoms with Crippen LogP contribution >= 0.6 is 0 Å². The Morgan fingerprint density at radius 2 is 1.93 bits per heavy atom. The van der Waals surface area contributed by atoms with Crippen LogP contribution in [0, 0.1) is 11.7 Å². The van der Waals surface area contributed by atoms with E-state index in [0.717, 1.165) is 11.3 Å². The molecule has 0 radical (unpaired) electrons. The van der Waals surface area contributed by atoms with Crippen molar-refractivity contribution in [1.82, 2.24) is 19.8 Å². The molecule has 0 unspecified atom stereocenters. The molecule has 3 aromatic rings. The molecule has 1 N–H and O–H groups in total. The Balaban J connectivity index is 1.33. The lowest BCUT2D eigenvalue weighted by atomic mass is 9.95. The Morgan fingerprint density at radius 1 is 1.10 bits per heavy atom. The van der Waals surface area contributed by atoms with Gasteiger partial charge < -0.3 is 14.8 Å². The number of likely N-dealkylation sites (tertiary alicyclic amines) is 1. The molecule has 0 bridgehead atoms. The molecule has 1 aliphatic rings. The van der Waals surface area contributed by atoms with Crippen LogP contribution in [-0.2, 0) is 11.3 Å². The number of rotatable bonds is 5. The molecule has 6 nitrogen and oxygen atoms in total. The number of hydrogen-bond donors (Lipinski definition) is 1. The zero-order valence-corrected chi connectivity index (χ0v) is 16.5. The van der Waals surface area contributed by atoms with E-state index in [0.29, 0.717) is 38.2 Å². The van der Waals surface area contributed by atoms with Gasteiger partial charge in [0, 0.05) is 37.9 Å². The van der Waals surface area contributed by atoms with Gasteiger partial charge in [-0.2, -0.15) is 0 Å². The van der Waals surface area contributed by atoms with E-state index < -0.39 is 0 Å². The molecule has 0 aliphatic carbocycles. The molecule has 2 amide bonds. The van der Waals surface area contributed by atoms with Gasteiger partial charge in [0.05, 0.1) is 11.9 Å². The molecule has 1 fully saturated rings. The Morgan fingerprint density at radius 3 is 2.67 bits per heavy atom. The molecule has 1 aliphatic heterocycles. The van der Waals surface area contributed by atoms with Crippen LogP contribution in [0.3, 0.4) is 0 Å². The molecule has 3 heterocycles. The average molecular weight is 406 g/mol. The van der Waals surface area contributed by atoms with Crippen molar-refractivity contribution in [3.05, 3.63) is 84.2 Å². The van der Waals surface area contributed by atoms with E-state index in [1.165, 1.54) is 12.1 Å². The summed E-state index contributed by atoms with van der Waals surface area (Å²) < 4.78 is 15.1. The predicted molar refractivity (Wildman–Crippen MR) is 110 cm³/mol. The molecule has 0 atom stereocenters. The van der Waals surface area contributed by atoms with Gasteiger partial charge in [-0.1, -0.05) is 12.1 Å². The van der Waals surface area contributed by atoms with Crippen LogP contribution in [0.1, 0.15) is 28.9 Å². The molecular weight excluding hydrogens is 383 g/mol. The van der Waals surface area contributed by atoms with Gasteiger partial charge in [0.2, 0.25) is 5.91 Å². The summed E-state index contributed by atoms with van der Waals surface area (Å²) >= 11 is 0. The highest BCUT2D eigenvalue weighted by Crippen LogP contribution is 2.21. The van der Waals surface area contributed by atoms with Gasteiger partial charge >= 0.3 is 0 Å². The van der Waals surface area contributed by atoms with Gasteiger partial charge in [-0.25, -0.2) is 4.39 Å². The van der Waals surface area contributed by atoms with E-state index in [1.807, 2.05) is 29.0 Å². The summed E-state index contributed by atoms with van der Waals surface area (Å²) in [5.41, 5.74) is 2.14. The number of aromatic nitrogens is 2. The number of halogens is 1. The minimum atomic E-state index is -0.315. The smallest absolute Gasteiger partial charge is 0.270 e. The summed E-state index contributed by atoms with van der Waals surface area (Å²) in [6, 6.07) is 13.6. The maximum Gasteiger partial charge on any atom is 0.270 e. The number of benzene rings is 1. The first-order valence-corrected chi connectivity index (χ1v) is 10.0. The summed E-state index contributed by atoms with van der Waals surface area (Å²) in [4.78, 5) is 31.4. The first-order valence-electron chi connectivity index (χ1n) is 10.0. The zero-order chi connectivity index (χ0) is 20.9. The van der Waals surface area contributed by atoms with Gasteiger partial charge in [0.1, 0.15) is 11.5 Å². The minimum absolute atomic E-state index is 0.0508. The molecule has 1 saturated heterocycles. The van der Waals surface area contributed by atoms with Crippen molar-refractivity contribution in [3.63, 3.8) is 0 Å². The number of carbonyl (C=O) groups excluding carboxylic acids is 2. The fourth-order valence-electron chi connectivity index (χ4n) is 3.76. The standard InChI is InChI=1S/C23H23FN4O2/c24-19-5-1-4-17(14-19)15-26-22(29)18-8-12-27(13-9-18)23(30)21-7-3-11-28(21)20-6-2-10-25-16-20/h1-7,10-11,14,16,18H,8-9,12-13,15H2,(H,26,29). The highest BCUT2D eigenvalue weighted by molar-refractivity contribution is 5.93. The third-order valence-electron chi connectivity index (χ3n) is 5.40. The lowest BCUT2D eigenvalue weighted by molar-refractivity contribution is -0.126. The van der Waals surface area contributed by atoms with E-state index >= 15 is 0 Å². The number of carbonyl (C=O) groups is 2. The first-order chi connectivity index (χ1) is 14.6. The third kappa shape index (κ3) is 4.40. The minimum Gasteiger partial charge on any atom is -0.352 e. The Bertz CT molecular complexity index is 1030. The van der Waals surface area contributed by atoms with Gasteiger partial charge in [-0.15, -0.1) is 0 Å². The zero-order valence-electron chi connectivity index (χ0n) is 16.5. The summed E-state index contributed by atoms with van der Waals surface area (Å²) in [5.74, 6) is -0.565. The molecule has 0 spiro atoms. The highest BCUT2D eigenvalue weighted by Gasteiger charge is 2.28. The Hall–Kier alpha value is -3.48. The number of amides is 2. The van der Waals surface area contributed by atoms with E-state index in [1.54, 1.807) is 35.5 Å². The second kappa shape index (κ2) is 8.90. The molecular formula is C23H23FN4O2. The van der Waals surface area contributed by atoms with Crippen LogP contribution < -0.4 is 5.32 Å². The third-order valence-corrected chi connectivity index (χ3v) is 5.40. The topological polar surface area (TPSA) is 67.2 Å². The molecule has 0 saturated carbocycles. The highest BCUT2D eigenvalue weighted by atomic mass is 19.1. The monoisotopic (exact) mass is 406 g/mol. The number of nitrogens with one attached hydrogen (secondary N) is 1. The van der Waals surface area contributed by atoms with Crippen LogP contribution in [0.15, 0.2) is 67.1 Å². The number of pyridine rings is 1. The van der Waals surface area contributed by atoms with E-state index in [9.17, 15) is 14.0 Å².